The van der Waals surface area contributed by atoms with Crippen LogP contribution in [-0.2, 0) is 6.54 Å². The molecule has 2 aromatic carbocycles. The number of ether oxygens (including phenoxy) is 2. The third-order valence-electron chi connectivity index (χ3n) is 5.20. The fourth-order valence-electron chi connectivity index (χ4n) is 3.68. The number of hydrogen-bond acceptors (Lipinski definition) is 5. The van der Waals surface area contributed by atoms with Crippen molar-refractivity contribution >= 4 is 11.0 Å². The summed E-state index contributed by atoms with van der Waals surface area (Å²) in [5.41, 5.74) is 3.01. The second kappa shape index (κ2) is 7.68. The van der Waals surface area contributed by atoms with Crippen molar-refractivity contribution < 1.29 is 9.47 Å². The maximum atomic E-state index is 12.7. The van der Waals surface area contributed by atoms with Crippen molar-refractivity contribution in [1.82, 2.24) is 20.1 Å². The van der Waals surface area contributed by atoms with E-state index < -0.39 is 0 Å². The van der Waals surface area contributed by atoms with Crippen molar-refractivity contribution in [3.63, 3.8) is 0 Å². The highest BCUT2D eigenvalue weighted by Gasteiger charge is 2.20. The van der Waals surface area contributed by atoms with Crippen LogP contribution in [0.15, 0.2) is 65.5 Å². The van der Waals surface area contributed by atoms with E-state index in [1.807, 2.05) is 67.6 Å². The number of benzene rings is 2. The van der Waals surface area contributed by atoms with Crippen LogP contribution in [0.3, 0.4) is 0 Å². The van der Waals surface area contributed by atoms with Gasteiger partial charge in [-0.05, 0) is 37.3 Å². The lowest BCUT2D eigenvalue weighted by molar-refractivity contribution is 0.0902. The normalized spacial score (nSPS) is 15.4. The van der Waals surface area contributed by atoms with Gasteiger partial charge >= 0.3 is 0 Å². The van der Waals surface area contributed by atoms with Crippen LogP contribution in [0.2, 0.25) is 0 Å². The summed E-state index contributed by atoms with van der Waals surface area (Å²) >= 11 is 0. The first kappa shape index (κ1) is 18.4. The summed E-state index contributed by atoms with van der Waals surface area (Å²) in [6.07, 6.45) is -0.106. The van der Waals surface area contributed by atoms with E-state index in [-0.39, 0.29) is 11.7 Å². The van der Waals surface area contributed by atoms with Crippen LogP contribution in [0.5, 0.6) is 11.5 Å². The van der Waals surface area contributed by atoms with Gasteiger partial charge in [0.2, 0.25) is 0 Å². The maximum absolute atomic E-state index is 12.7. The lowest BCUT2D eigenvalue weighted by Gasteiger charge is -2.26. The first-order valence-corrected chi connectivity index (χ1v) is 9.95. The number of nitrogens with one attached hydrogen (secondary N) is 2. The molecule has 152 valence electrons. The van der Waals surface area contributed by atoms with E-state index in [4.69, 9.17) is 9.47 Å². The molecule has 0 bridgehead atoms. The Hall–Kier alpha value is -3.58. The quantitative estimate of drug-likeness (QED) is 0.536. The largest absolute Gasteiger partial charge is 0.486 e. The molecule has 0 spiro atoms. The minimum Gasteiger partial charge on any atom is -0.486 e. The fourth-order valence-corrected chi connectivity index (χ4v) is 3.68. The molecule has 0 unspecified atom stereocenters. The zero-order chi connectivity index (χ0) is 20.5. The second-order valence-corrected chi connectivity index (χ2v) is 7.35. The third-order valence-corrected chi connectivity index (χ3v) is 5.20. The molecule has 0 fully saturated rings. The highest BCUT2D eigenvalue weighted by molar-refractivity contribution is 5.80. The van der Waals surface area contributed by atoms with Gasteiger partial charge in [0.15, 0.2) is 11.5 Å². The van der Waals surface area contributed by atoms with E-state index >= 15 is 0 Å². The molecule has 0 aliphatic carbocycles. The topological polar surface area (TPSA) is 81.2 Å². The zero-order valence-electron chi connectivity index (χ0n) is 16.6. The van der Waals surface area contributed by atoms with Crippen molar-refractivity contribution in [2.45, 2.75) is 19.6 Å². The molecule has 1 atom stereocenters. The third kappa shape index (κ3) is 3.44. The van der Waals surface area contributed by atoms with Gasteiger partial charge in [0.25, 0.3) is 5.56 Å². The van der Waals surface area contributed by atoms with Gasteiger partial charge in [-0.2, -0.15) is 5.10 Å². The van der Waals surface area contributed by atoms with Gasteiger partial charge in [-0.15, -0.1) is 0 Å². The Morgan fingerprint density at radius 1 is 1.13 bits per heavy atom. The predicted molar refractivity (Wildman–Crippen MR) is 114 cm³/mol. The molecule has 1 aliphatic rings. The minimum atomic E-state index is -0.127. The Kier molecular flexibility index (Phi) is 4.72. The number of aromatic amines is 1. The molecule has 0 saturated carbocycles. The molecule has 1 aliphatic heterocycles. The molecule has 0 radical (unpaired) electrons. The van der Waals surface area contributed by atoms with E-state index in [1.54, 1.807) is 4.68 Å². The molecule has 5 rings (SSSR count). The standard InChI is InChI=1S/C23H22N4O3/c1-15-19-11-16(12-24-13-18-14-29-20-9-5-6-10-21(20)30-18)23(28)25-22(19)27(26-15)17-7-3-2-4-8-17/h2-11,18,24H,12-14H2,1H3,(H,25,28)/t18-/m1/s1. The Labute approximate surface area is 173 Å². The fraction of sp³-hybridized carbons (Fsp3) is 0.217. The lowest BCUT2D eigenvalue weighted by atomic mass is 10.2. The molecular weight excluding hydrogens is 380 g/mol. The Morgan fingerprint density at radius 2 is 1.90 bits per heavy atom. The Bertz CT molecular complexity index is 1250. The van der Waals surface area contributed by atoms with Crippen LogP contribution in [0.1, 0.15) is 11.3 Å². The van der Waals surface area contributed by atoms with Gasteiger partial charge in [-0.1, -0.05) is 30.3 Å². The second-order valence-electron chi connectivity index (χ2n) is 7.35. The SMILES string of the molecule is Cc1nn(-c2ccccc2)c2[nH]c(=O)c(CNC[C@@H]3COc4ccccc4O3)cc12. The number of fused-ring (bicyclic) bond motifs is 2. The molecule has 0 saturated heterocycles. The summed E-state index contributed by atoms with van der Waals surface area (Å²) in [5.74, 6) is 1.51. The highest BCUT2D eigenvalue weighted by atomic mass is 16.6. The number of hydrogen-bond donors (Lipinski definition) is 2. The lowest BCUT2D eigenvalue weighted by Crippen LogP contribution is -2.38. The van der Waals surface area contributed by atoms with E-state index in [2.05, 4.69) is 15.4 Å². The number of rotatable bonds is 5. The van der Waals surface area contributed by atoms with E-state index in [1.165, 1.54) is 0 Å². The predicted octanol–water partition coefficient (Wildman–Crippen LogP) is 2.95. The molecule has 0 amide bonds. The number of para-hydroxylation sites is 3. The number of nitrogens with zero attached hydrogens (tertiary/aromatic N) is 2. The number of aromatic nitrogens is 3. The molecule has 30 heavy (non-hydrogen) atoms. The number of aryl methyl sites for hydroxylation is 1. The summed E-state index contributed by atoms with van der Waals surface area (Å²) in [6.45, 7) is 3.43. The average Bonchev–Trinajstić information content (AvgIpc) is 3.10. The zero-order valence-corrected chi connectivity index (χ0v) is 16.6. The Morgan fingerprint density at radius 3 is 2.73 bits per heavy atom. The number of H-pyrrole nitrogens is 1. The van der Waals surface area contributed by atoms with Crippen LogP contribution >= 0.6 is 0 Å². The van der Waals surface area contributed by atoms with Gasteiger partial charge in [0.1, 0.15) is 18.4 Å². The van der Waals surface area contributed by atoms with Gasteiger partial charge in [0.05, 0.1) is 11.4 Å². The monoisotopic (exact) mass is 402 g/mol. The van der Waals surface area contributed by atoms with E-state index in [0.717, 1.165) is 28.3 Å². The van der Waals surface area contributed by atoms with Crippen molar-refractivity contribution in [1.29, 1.82) is 0 Å². The molecule has 3 heterocycles. The van der Waals surface area contributed by atoms with Crippen molar-refractivity contribution in [3.05, 3.63) is 82.3 Å². The summed E-state index contributed by atoms with van der Waals surface area (Å²) in [5, 5.41) is 8.85. The molecule has 7 nitrogen and oxygen atoms in total. The maximum Gasteiger partial charge on any atom is 0.254 e. The first-order chi connectivity index (χ1) is 14.7. The summed E-state index contributed by atoms with van der Waals surface area (Å²) in [7, 11) is 0. The number of pyridine rings is 1. The molecule has 7 heteroatoms. The van der Waals surface area contributed by atoms with E-state index in [9.17, 15) is 4.79 Å². The van der Waals surface area contributed by atoms with Gasteiger partial charge in [-0.3, -0.25) is 4.79 Å². The van der Waals surface area contributed by atoms with Gasteiger partial charge in [0, 0.05) is 24.0 Å². The Balaban J connectivity index is 1.32. The molecule has 4 aromatic rings. The van der Waals surface area contributed by atoms with Crippen LogP contribution in [0.4, 0.5) is 0 Å². The van der Waals surface area contributed by atoms with Gasteiger partial charge in [-0.25, -0.2) is 4.68 Å². The summed E-state index contributed by atoms with van der Waals surface area (Å²) in [6, 6.07) is 19.3. The van der Waals surface area contributed by atoms with Crippen LogP contribution < -0.4 is 20.3 Å². The first-order valence-electron chi connectivity index (χ1n) is 9.95. The van der Waals surface area contributed by atoms with Crippen LogP contribution in [0, 0.1) is 6.92 Å². The molecule has 2 aromatic heterocycles. The average molecular weight is 402 g/mol. The molecule has 2 N–H and O–H groups in total. The van der Waals surface area contributed by atoms with E-state index in [0.29, 0.717) is 30.9 Å². The van der Waals surface area contributed by atoms with Crippen molar-refractivity contribution in [3.8, 4) is 17.2 Å². The van der Waals surface area contributed by atoms with Gasteiger partial charge < -0.3 is 19.8 Å². The van der Waals surface area contributed by atoms with Crippen LogP contribution in [0.25, 0.3) is 16.7 Å². The summed E-state index contributed by atoms with van der Waals surface area (Å²) in [4.78, 5) is 15.7. The highest BCUT2D eigenvalue weighted by Crippen LogP contribution is 2.30. The molecular formula is C23H22N4O3. The van der Waals surface area contributed by atoms with Crippen molar-refractivity contribution in [2.24, 2.45) is 0 Å². The summed E-state index contributed by atoms with van der Waals surface area (Å²) < 4.78 is 13.5. The van der Waals surface area contributed by atoms with Crippen LogP contribution in [-0.4, -0.2) is 34.0 Å². The smallest absolute Gasteiger partial charge is 0.254 e. The van der Waals surface area contributed by atoms with Crippen molar-refractivity contribution in [2.75, 3.05) is 13.2 Å². The minimum absolute atomic E-state index is 0.106.